The largest absolute Gasteiger partial charge is 0.507 e. The predicted octanol–water partition coefficient (Wildman–Crippen LogP) is 3.91. The average Bonchev–Trinajstić information content (AvgIpc) is 2.50. The van der Waals surface area contributed by atoms with Crippen molar-refractivity contribution in [1.82, 2.24) is 0 Å². The number of carbonyl (C=O) groups excluding carboxylic acids is 1. The third kappa shape index (κ3) is 3.51. The molecule has 0 spiro atoms. The molecule has 0 aliphatic rings. The molecule has 0 saturated carbocycles. The summed E-state index contributed by atoms with van der Waals surface area (Å²) in [6, 6.07) is 10.7. The summed E-state index contributed by atoms with van der Waals surface area (Å²) in [4.78, 5) is 12.1. The monoisotopic (exact) mass is 282 g/mol. The number of aryl methyl sites for hydroxylation is 2. The maximum Gasteiger partial charge on any atom is 0.185 e. The van der Waals surface area contributed by atoms with E-state index in [2.05, 4.69) is 0 Å². The minimum Gasteiger partial charge on any atom is -0.507 e. The van der Waals surface area contributed by atoms with Gasteiger partial charge in [0, 0.05) is 5.56 Å². The van der Waals surface area contributed by atoms with Gasteiger partial charge in [0.1, 0.15) is 11.5 Å². The van der Waals surface area contributed by atoms with Gasteiger partial charge in [0.05, 0.1) is 7.11 Å². The molecule has 2 aromatic carbocycles. The molecule has 0 aliphatic heterocycles. The molecule has 0 unspecified atom stereocenters. The fourth-order valence-electron chi connectivity index (χ4n) is 2.13. The molecule has 108 valence electrons. The topological polar surface area (TPSA) is 46.5 Å². The van der Waals surface area contributed by atoms with Crippen LogP contribution in [0.3, 0.4) is 0 Å². The second-order valence-electron chi connectivity index (χ2n) is 4.93. The number of hydrogen-bond donors (Lipinski definition) is 1. The van der Waals surface area contributed by atoms with E-state index < -0.39 is 0 Å². The Morgan fingerprint density at radius 1 is 1.14 bits per heavy atom. The van der Waals surface area contributed by atoms with Gasteiger partial charge < -0.3 is 9.84 Å². The summed E-state index contributed by atoms with van der Waals surface area (Å²) >= 11 is 0. The number of benzene rings is 2. The second-order valence-corrected chi connectivity index (χ2v) is 4.93. The van der Waals surface area contributed by atoms with Crippen molar-refractivity contribution in [2.75, 3.05) is 7.11 Å². The molecule has 0 aliphatic carbocycles. The Bertz CT molecular complexity index is 676. The Balaban J connectivity index is 2.22. The summed E-state index contributed by atoms with van der Waals surface area (Å²) in [7, 11) is 1.57. The molecule has 2 rings (SSSR count). The lowest BCUT2D eigenvalue weighted by atomic mass is 10.0. The van der Waals surface area contributed by atoms with Gasteiger partial charge in [0.25, 0.3) is 0 Å². The SMILES string of the molecule is COc1cccc(C(=O)/C=C/c2cc(C)c(O)c(C)c2)c1. The van der Waals surface area contributed by atoms with Gasteiger partial charge in [0.15, 0.2) is 5.78 Å². The third-order valence-electron chi connectivity index (χ3n) is 3.29. The van der Waals surface area contributed by atoms with E-state index >= 15 is 0 Å². The number of aromatic hydroxyl groups is 1. The molecule has 0 heterocycles. The molecule has 2 aromatic rings. The first kappa shape index (κ1) is 14.9. The van der Waals surface area contributed by atoms with E-state index in [0.29, 0.717) is 17.1 Å². The van der Waals surface area contributed by atoms with Crippen LogP contribution in [0.1, 0.15) is 27.0 Å². The predicted molar refractivity (Wildman–Crippen MR) is 83.9 cm³/mol. The van der Waals surface area contributed by atoms with Gasteiger partial charge in [-0.15, -0.1) is 0 Å². The number of rotatable bonds is 4. The van der Waals surface area contributed by atoms with Gasteiger partial charge in [-0.1, -0.05) is 18.2 Å². The quantitative estimate of drug-likeness (QED) is 0.683. The van der Waals surface area contributed by atoms with Crippen molar-refractivity contribution in [3.05, 3.63) is 64.7 Å². The van der Waals surface area contributed by atoms with Crippen LogP contribution in [0.2, 0.25) is 0 Å². The van der Waals surface area contributed by atoms with E-state index in [0.717, 1.165) is 16.7 Å². The molecule has 21 heavy (non-hydrogen) atoms. The molecular weight excluding hydrogens is 264 g/mol. The summed E-state index contributed by atoms with van der Waals surface area (Å²) in [5.74, 6) is 0.870. The highest BCUT2D eigenvalue weighted by Crippen LogP contribution is 2.23. The molecule has 3 heteroatoms. The van der Waals surface area contributed by atoms with Crippen LogP contribution in [0.15, 0.2) is 42.5 Å². The molecule has 0 atom stereocenters. The van der Waals surface area contributed by atoms with Crippen LogP contribution < -0.4 is 4.74 Å². The van der Waals surface area contributed by atoms with Crippen LogP contribution in [-0.2, 0) is 0 Å². The first-order valence-electron chi connectivity index (χ1n) is 6.68. The van der Waals surface area contributed by atoms with Gasteiger partial charge in [-0.05, 0) is 60.9 Å². The average molecular weight is 282 g/mol. The fraction of sp³-hybridized carbons (Fsp3) is 0.167. The van der Waals surface area contributed by atoms with Crippen molar-refractivity contribution in [3.63, 3.8) is 0 Å². The lowest BCUT2D eigenvalue weighted by Crippen LogP contribution is -1.95. The minimum atomic E-state index is -0.0859. The van der Waals surface area contributed by atoms with Gasteiger partial charge in [-0.2, -0.15) is 0 Å². The molecule has 3 nitrogen and oxygen atoms in total. The Morgan fingerprint density at radius 3 is 2.43 bits per heavy atom. The smallest absolute Gasteiger partial charge is 0.185 e. The van der Waals surface area contributed by atoms with E-state index in [1.54, 1.807) is 37.5 Å². The number of phenols is 1. The van der Waals surface area contributed by atoms with E-state index in [1.807, 2.05) is 26.0 Å². The van der Waals surface area contributed by atoms with E-state index in [-0.39, 0.29) is 5.78 Å². The molecule has 0 radical (unpaired) electrons. The van der Waals surface area contributed by atoms with Gasteiger partial charge >= 0.3 is 0 Å². The normalized spacial score (nSPS) is 10.8. The molecule has 1 N–H and O–H groups in total. The third-order valence-corrected chi connectivity index (χ3v) is 3.29. The number of allylic oxidation sites excluding steroid dienone is 1. The summed E-state index contributed by atoms with van der Waals surface area (Å²) in [5, 5.41) is 9.74. The van der Waals surface area contributed by atoms with E-state index in [4.69, 9.17) is 4.74 Å². The lowest BCUT2D eigenvalue weighted by molar-refractivity contribution is 0.104. The Kier molecular flexibility index (Phi) is 4.43. The minimum absolute atomic E-state index is 0.0859. The Hall–Kier alpha value is -2.55. The van der Waals surface area contributed by atoms with Crippen molar-refractivity contribution in [3.8, 4) is 11.5 Å². The van der Waals surface area contributed by atoms with Crippen molar-refractivity contribution in [2.45, 2.75) is 13.8 Å². The van der Waals surface area contributed by atoms with Gasteiger partial charge in [-0.3, -0.25) is 4.79 Å². The lowest BCUT2D eigenvalue weighted by Gasteiger charge is -2.05. The Labute approximate surface area is 124 Å². The van der Waals surface area contributed by atoms with Crippen molar-refractivity contribution in [2.24, 2.45) is 0 Å². The highest BCUT2D eigenvalue weighted by molar-refractivity contribution is 6.07. The zero-order valence-corrected chi connectivity index (χ0v) is 12.4. The second kappa shape index (κ2) is 6.27. The summed E-state index contributed by atoms with van der Waals surface area (Å²) < 4.78 is 5.11. The summed E-state index contributed by atoms with van der Waals surface area (Å²) in [6.45, 7) is 3.67. The van der Waals surface area contributed by atoms with Crippen molar-refractivity contribution in [1.29, 1.82) is 0 Å². The van der Waals surface area contributed by atoms with Crippen LogP contribution in [0.5, 0.6) is 11.5 Å². The molecular formula is C18H18O3. The zero-order chi connectivity index (χ0) is 15.4. The molecule has 0 fully saturated rings. The number of hydrogen-bond acceptors (Lipinski definition) is 3. The first-order chi connectivity index (χ1) is 10.0. The zero-order valence-electron chi connectivity index (χ0n) is 12.4. The van der Waals surface area contributed by atoms with Crippen LogP contribution in [0, 0.1) is 13.8 Å². The van der Waals surface area contributed by atoms with Crippen molar-refractivity contribution >= 4 is 11.9 Å². The van der Waals surface area contributed by atoms with Crippen LogP contribution in [-0.4, -0.2) is 18.0 Å². The van der Waals surface area contributed by atoms with Crippen molar-refractivity contribution < 1.29 is 14.6 Å². The highest BCUT2D eigenvalue weighted by Gasteiger charge is 2.04. The number of ketones is 1. The number of carbonyl (C=O) groups is 1. The number of ether oxygens (including phenoxy) is 1. The summed E-state index contributed by atoms with van der Waals surface area (Å²) in [5.41, 5.74) is 3.06. The highest BCUT2D eigenvalue weighted by atomic mass is 16.5. The molecule has 0 saturated heterocycles. The van der Waals surface area contributed by atoms with E-state index in [9.17, 15) is 9.90 Å². The van der Waals surface area contributed by atoms with E-state index in [1.165, 1.54) is 6.08 Å². The fourth-order valence-corrected chi connectivity index (χ4v) is 2.13. The first-order valence-corrected chi connectivity index (χ1v) is 6.68. The van der Waals surface area contributed by atoms with Gasteiger partial charge in [-0.25, -0.2) is 0 Å². The maximum atomic E-state index is 12.1. The molecule has 0 bridgehead atoms. The van der Waals surface area contributed by atoms with Gasteiger partial charge in [0.2, 0.25) is 0 Å². The van der Waals surface area contributed by atoms with Crippen LogP contribution in [0.4, 0.5) is 0 Å². The van der Waals surface area contributed by atoms with Crippen LogP contribution >= 0.6 is 0 Å². The molecule has 0 amide bonds. The summed E-state index contributed by atoms with van der Waals surface area (Å²) in [6.07, 6.45) is 3.28. The standard InChI is InChI=1S/C18H18O3/c1-12-9-14(10-13(2)18(12)20)7-8-17(19)15-5-4-6-16(11-15)21-3/h4-11,20H,1-3H3/b8-7+. The Morgan fingerprint density at radius 2 is 1.81 bits per heavy atom. The molecule has 0 aromatic heterocycles. The maximum absolute atomic E-state index is 12.1. The van der Waals surface area contributed by atoms with Crippen LogP contribution in [0.25, 0.3) is 6.08 Å². The number of phenolic OH excluding ortho intramolecular Hbond substituents is 1. The number of methoxy groups -OCH3 is 1.